The predicted molar refractivity (Wildman–Crippen MR) is 84.1 cm³/mol. The number of nitrogens with zero attached hydrogens (tertiary/aromatic N) is 2. The van der Waals surface area contributed by atoms with Crippen molar-refractivity contribution >= 4 is 22.5 Å². The van der Waals surface area contributed by atoms with Gasteiger partial charge in [-0.3, -0.25) is 9.88 Å². The highest BCUT2D eigenvalue weighted by Gasteiger charge is 2.25. The molecular formula is C16H20ClN3. The summed E-state index contributed by atoms with van der Waals surface area (Å²) in [5.41, 5.74) is 2.45. The molecule has 0 unspecified atom stereocenters. The Morgan fingerprint density at radius 2 is 2.20 bits per heavy atom. The van der Waals surface area contributed by atoms with Crippen LogP contribution in [-0.4, -0.2) is 35.1 Å². The SMILES string of the molecule is CC1(C)CN(Cc2ccc(Cl)c3cccnc23)CCN1. The van der Waals surface area contributed by atoms with Crippen LogP contribution in [0.1, 0.15) is 19.4 Å². The smallest absolute Gasteiger partial charge is 0.0761 e. The van der Waals surface area contributed by atoms with Crippen LogP contribution < -0.4 is 5.32 Å². The zero-order chi connectivity index (χ0) is 14.2. The molecule has 0 bridgehead atoms. The van der Waals surface area contributed by atoms with E-state index < -0.39 is 0 Å². The van der Waals surface area contributed by atoms with Crippen molar-refractivity contribution in [3.05, 3.63) is 41.0 Å². The largest absolute Gasteiger partial charge is 0.309 e. The predicted octanol–water partition coefficient (Wildman–Crippen LogP) is 3.07. The van der Waals surface area contributed by atoms with Crippen LogP contribution in [0, 0.1) is 0 Å². The van der Waals surface area contributed by atoms with Crippen LogP contribution in [0.15, 0.2) is 30.5 Å². The molecule has 0 saturated carbocycles. The lowest BCUT2D eigenvalue weighted by atomic mass is 10.0. The third-order valence-corrected chi connectivity index (χ3v) is 4.17. The molecule has 3 nitrogen and oxygen atoms in total. The standard InChI is InChI=1S/C16H20ClN3/c1-16(2)11-20(9-8-19-16)10-12-5-6-14(17)13-4-3-7-18-15(12)13/h3-7,19H,8-11H2,1-2H3. The second kappa shape index (κ2) is 5.32. The highest BCUT2D eigenvalue weighted by atomic mass is 35.5. The molecule has 4 heteroatoms. The van der Waals surface area contributed by atoms with Gasteiger partial charge in [-0.25, -0.2) is 0 Å². The Morgan fingerprint density at radius 1 is 1.35 bits per heavy atom. The lowest BCUT2D eigenvalue weighted by molar-refractivity contribution is 0.149. The summed E-state index contributed by atoms with van der Waals surface area (Å²) < 4.78 is 0. The monoisotopic (exact) mass is 289 g/mol. The molecule has 106 valence electrons. The Kier molecular flexibility index (Phi) is 3.67. The molecule has 3 rings (SSSR count). The molecule has 0 amide bonds. The summed E-state index contributed by atoms with van der Waals surface area (Å²) >= 11 is 6.25. The van der Waals surface area contributed by atoms with Gasteiger partial charge < -0.3 is 5.32 Å². The first-order valence-corrected chi connectivity index (χ1v) is 7.42. The zero-order valence-corrected chi connectivity index (χ0v) is 12.7. The van der Waals surface area contributed by atoms with Crippen LogP contribution in [0.5, 0.6) is 0 Å². The lowest BCUT2D eigenvalue weighted by Crippen LogP contribution is -2.56. The fraction of sp³-hybridized carbons (Fsp3) is 0.438. The van der Waals surface area contributed by atoms with Crippen LogP contribution in [0.3, 0.4) is 0 Å². The van der Waals surface area contributed by atoms with Crippen molar-refractivity contribution in [1.82, 2.24) is 15.2 Å². The molecule has 1 aromatic heterocycles. The summed E-state index contributed by atoms with van der Waals surface area (Å²) in [6.07, 6.45) is 1.84. The molecule has 0 aliphatic carbocycles. The minimum Gasteiger partial charge on any atom is -0.309 e. The quantitative estimate of drug-likeness (QED) is 0.921. The van der Waals surface area contributed by atoms with Crippen molar-refractivity contribution in [2.45, 2.75) is 25.9 Å². The summed E-state index contributed by atoms with van der Waals surface area (Å²) in [5, 5.41) is 5.36. The fourth-order valence-corrected chi connectivity index (χ4v) is 3.16. The molecule has 2 aromatic rings. The third-order valence-electron chi connectivity index (χ3n) is 3.84. The molecule has 1 saturated heterocycles. The van der Waals surface area contributed by atoms with Crippen molar-refractivity contribution < 1.29 is 0 Å². The Morgan fingerprint density at radius 3 is 3.00 bits per heavy atom. The first kappa shape index (κ1) is 13.8. The second-order valence-electron chi connectivity index (χ2n) is 6.13. The van der Waals surface area contributed by atoms with Gasteiger partial charge in [-0.15, -0.1) is 0 Å². The molecule has 20 heavy (non-hydrogen) atoms. The Hall–Kier alpha value is -1.16. The van der Waals surface area contributed by atoms with E-state index in [0.717, 1.165) is 42.1 Å². The Balaban J connectivity index is 1.90. The highest BCUT2D eigenvalue weighted by Crippen LogP contribution is 2.26. The van der Waals surface area contributed by atoms with Gasteiger partial charge in [-0.1, -0.05) is 17.7 Å². The van der Waals surface area contributed by atoms with Gasteiger partial charge in [0.15, 0.2) is 0 Å². The van der Waals surface area contributed by atoms with E-state index in [1.165, 1.54) is 5.56 Å². The average Bonchev–Trinajstić information content (AvgIpc) is 2.41. The van der Waals surface area contributed by atoms with Gasteiger partial charge in [0.25, 0.3) is 0 Å². The molecular weight excluding hydrogens is 270 g/mol. The highest BCUT2D eigenvalue weighted by molar-refractivity contribution is 6.35. The van der Waals surface area contributed by atoms with Gasteiger partial charge >= 0.3 is 0 Å². The number of benzene rings is 1. The number of piperazine rings is 1. The minimum absolute atomic E-state index is 0.175. The summed E-state index contributed by atoms with van der Waals surface area (Å²) in [4.78, 5) is 7.00. The van der Waals surface area contributed by atoms with Crippen molar-refractivity contribution in [2.24, 2.45) is 0 Å². The summed E-state index contributed by atoms with van der Waals surface area (Å²) in [7, 11) is 0. The fourth-order valence-electron chi connectivity index (χ4n) is 2.95. The topological polar surface area (TPSA) is 28.2 Å². The van der Waals surface area contributed by atoms with Crippen LogP contribution >= 0.6 is 11.6 Å². The Labute approximate surface area is 124 Å². The van der Waals surface area contributed by atoms with E-state index in [9.17, 15) is 0 Å². The van der Waals surface area contributed by atoms with Gasteiger partial charge in [0.1, 0.15) is 0 Å². The molecule has 1 aromatic carbocycles. The lowest BCUT2D eigenvalue weighted by Gasteiger charge is -2.39. The number of pyridine rings is 1. The van der Waals surface area contributed by atoms with E-state index >= 15 is 0 Å². The number of hydrogen-bond acceptors (Lipinski definition) is 3. The first-order chi connectivity index (χ1) is 9.55. The summed E-state index contributed by atoms with van der Waals surface area (Å²) in [6.45, 7) is 8.57. The van der Waals surface area contributed by atoms with Crippen molar-refractivity contribution in [2.75, 3.05) is 19.6 Å². The normalized spacial score (nSPS) is 19.4. The molecule has 2 heterocycles. The molecule has 1 aliphatic rings. The number of aromatic nitrogens is 1. The van der Waals surface area contributed by atoms with Crippen molar-refractivity contribution in [3.8, 4) is 0 Å². The average molecular weight is 290 g/mol. The van der Waals surface area contributed by atoms with Gasteiger partial charge in [-0.2, -0.15) is 0 Å². The minimum atomic E-state index is 0.175. The van der Waals surface area contributed by atoms with Crippen LogP contribution in [0.2, 0.25) is 5.02 Å². The van der Waals surface area contributed by atoms with Gasteiger partial charge in [0, 0.05) is 48.3 Å². The summed E-state index contributed by atoms with van der Waals surface area (Å²) in [6, 6.07) is 8.06. The molecule has 0 radical (unpaired) electrons. The molecule has 1 fully saturated rings. The van der Waals surface area contributed by atoms with E-state index in [1.54, 1.807) is 0 Å². The number of hydrogen-bond donors (Lipinski definition) is 1. The molecule has 0 atom stereocenters. The molecule has 1 N–H and O–H groups in total. The van der Waals surface area contributed by atoms with E-state index in [-0.39, 0.29) is 5.54 Å². The number of fused-ring (bicyclic) bond motifs is 1. The van der Waals surface area contributed by atoms with E-state index in [0.29, 0.717) is 0 Å². The molecule has 1 aliphatic heterocycles. The van der Waals surface area contributed by atoms with E-state index in [4.69, 9.17) is 11.6 Å². The van der Waals surface area contributed by atoms with Gasteiger partial charge in [0.2, 0.25) is 0 Å². The van der Waals surface area contributed by atoms with Gasteiger partial charge in [-0.05, 0) is 37.6 Å². The zero-order valence-electron chi connectivity index (χ0n) is 12.0. The molecule has 0 spiro atoms. The maximum atomic E-state index is 6.25. The second-order valence-corrected chi connectivity index (χ2v) is 6.53. The number of rotatable bonds is 2. The number of halogens is 1. The Bertz CT molecular complexity index is 624. The first-order valence-electron chi connectivity index (χ1n) is 7.05. The van der Waals surface area contributed by atoms with E-state index in [1.807, 2.05) is 24.4 Å². The van der Waals surface area contributed by atoms with Crippen LogP contribution in [0.4, 0.5) is 0 Å². The maximum Gasteiger partial charge on any atom is 0.0761 e. The summed E-state index contributed by atoms with van der Waals surface area (Å²) in [5.74, 6) is 0. The number of nitrogens with one attached hydrogen (secondary N) is 1. The third kappa shape index (κ3) is 2.80. The van der Waals surface area contributed by atoms with Crippen molar-refractivity contribution in [3.63, 3.8) is 0 Å². The van der Waals surface area contributed by atoms with Crippen LogP contribution in [0.25, 0.3) is 10.9 Å². The van der Waals surface area contributed by atoms with Crippen molar-refractivity contribution in [1.29, 1.82) is 0 Å². The van der Waals surface area contributed by atoms with Crippen LogP contribution in [-0.2, 0) is 6.54 Å². The van der Waals surface area contributed by atoms with Gasteiger partial charge in [0.05, 0.1) is 5.52 Å². The van der Waals surface area contributed by atoms with E-state index in [2.05, 4.69) is 35.1 Å². The maximum absolute atomic E-state index is 6.25.